The first kappa shape index (κ1) is 14.2. The van der Waals surface area contributed by atoms with Crippen molar-refractivity contribution in [3.05, 3.63) is 54.9 Å². The SMILES string of the molecule is C=CC1c2ccccc2N2c3nccnc3N(C(C)C)C2C1C. The number of hydrogen-bond acceptors (Lipinski definition) is 4. The van der Waals surface area contributed by atoms with Gasteiger partial charge in [0.15, 0.2) is 11.6 Å². The second kappa shape index (κ2) is 5.08. The summed E-state index contributed by atoms with van der Waals surface area (Å²) in [4.78, 5) is 14.1. The molecule has 0 bridgehead atoms. The highest BCUT2D eigenvalue weighted by molar-refractivity contribution is 5.81. The zero-order chi connectivity index (χ0) is 16.1. The highest BCUT2D eigenvalue weighted by Crippen LogP contribution is 2.52. The molecule has 3 unspecified atom stereocenters. The number of aromatic nitrogens is 2. The Kier molecular flexibility index (Phi) is 3.15. The van der Waals surface area contributed by atoms with Crippen molar-refractivity contribution in [3.8, 4) is 0 Å². The molecule has 0 N–H and O–H groups in total. The smallest absolute Gasteiger partial charge is 0.178 e. The lowest BCUT2D eigenvalue weighted by atomic mass is 9.80. The first-order valence-electron chi connectivity index (χ1n) is 8.25. The number of hydrogen-bond donors (Lipinski definition) is 0. The highest BCUT2D eigenvalue weighted by atomic mass is 15.5. The van der Waals surface area contributed by atoms with E-state index < -0.39 is 0 Å². The summed E-state index contributed by atoms with van der Waals surface area (Å²) in [6.07, 6.45) is 5.88. The second-order valence-electron chi connectivity index (χ2n) is 6.67. The molecule has 3 atom stereocenters. The van der Waals surface area contributed by atoms with Gasteiger partial charge in [-0.05, 0) is 25.5 Å². The van der Waals surface area contributed by atoms with Crippen LogP contribution in [-0.2, 0) is 0 Å². The van der Waals surface area contributed by atoms with Gasteiger partial charge in [-0.1, -0.05) is 31.2 Å². The van der Waals surface area contributed by atoms with Crippen molar-refractivity contribution < 1.29 is 0 Å². The molecule has 4 nitrogen and oxygen atoms in total. The summed E-state index contributed by atoms with van der Waals surface area (Å²) >= 11 is 0. The number of fused-ring (bicyclic) bond motifs is 5. The molecule has 0 saturated carbocycles. The first-order valence-corrected chi connectivity index (χ1v) is 8.25. The third-order valence-electron chi connectivity index (χ3n) is 5.09. The summed E-state index contributed by atoms with van der Waals surface area (Å²) in [6.45, 7) is 10.8. The number of allylic oxidation sites excluding steroid dienone is 1. The van der Waals surface area contributed by atoms with Gasteiger partial charge in [0.1, 0.15) is 6.17 Å². The van der Waals surface area contributed by atoms with Crippen molar-refractivity contribution in [3.63, 3.8) is 0 Å². The Labute approximate surface area is 137 Å². The molecule has 2 aromatic rings. The van der Waals surface area contributed by atoms with Gasteiger partial charge in [0.25, 0.3) is 0 Å². The summed E-state index contributed by atoms with van der Waals surface area (Å²) in [5, 5.41) is 0. The molecular formula is C19H22N4. The Hall–Kier alpha value is -2.36. The van der Waals surface area contributed by atoms with Gasteiger partial charge in [-0.2, -0.15) is 0 Å². The van der Waals surface area contributed by atoms with Crippen molar-refractivity contribution in [2.75, 3.05) is 9.80 Å². The van der Waals surface area contributed by atoms with Crippen LogP contribution in [0.25, 0.3) is 0 Å². The molecule has 2 aliphatic rings. The fourth-order valence-corrected chi connectivity index (χ4v) is 4.14. The summed E-state index contributed by atoms with van der Waals surface area (Å²) in [7, 11) is 0. The van der Waals surface area contributed by atoms with Crippen LogP contribution in [0.5, 0.6) is 0 Å². The van der Waals surface area contributed by atoms with E-state index in [1.54, 1.807) is 12.4 Å². The van der Waals surface area contributed by atoms with Crippen molar-refractivity contribution in [2.24, 2.45) is 5.92 Å². The van der Waals surface area contributed by atoms with Gasteiger partial charge in [0.2, 0.25) is 0 Å². The van der Waals surface area contributed by atoms with Crippen molar-refractivity contribution in [2.45, 2.75) is 38.9 Å². The number of benzene rings is 1. The lowest BCUT2D eigenvalue weighted by molar-refractivity contribution is 0.376. The normalized spacial score (nSPS) is 25.1. The standard InChI is InChI=1S/C19H22N4/c1-5-14-13(4)19-22(12(2)3)17-18(21-11-10-20-17)23(19)16-9-7-6-8-15(14)16/h5-14,19H,1H2,2-4H3. The molecule has 118 valence electrons. The minimum atomic E-state index is 0.227. The van der Waals surface area contributed by atoms with Crippen LogP contribution in [-0.4, -0.2) is 22.2 Å². The number of para-hydroxylation sites is 1. The summed E-state index contributed by atoms with van der Waals surface area (Å²) < 4.78 is 0. The Bertz CT molecular complexity index is 755. The van der Waals surface area contributed by atoms with Crippen LogP contribution < -0.4 is 9.80 Å². The van der Waals surface area contributed by atoms with Crippen molar-refractivity contribution in [1.29, 1.82) is 0 Å². The Balaban J connectivity index is 1.98. The average molecular weight is 306 g/mol. The molecule has 2 aliphatic heterocycles. The summed E-state index contributed by atoms with van der Waals surface area (Å²) in [6, 6.07) is 8.96. The summed E-state index contributed by atoms with van der Waals surface area (Å²) in [5.74, 6) is 2.69. The third-order valence-corrected chi connectivity index (χ3v) is 5.09. The molecule has 0 amide bonds. The fraction of sp³-hybridized carbons (Fsp3) is 0.368. The molecule has 4 rings (SSSR count). The van der Waals surface area contributed by atoms with Gasteiger partial charge < -0.3 is 9.80 Å². The minimum absolute atomic E-state index is 0.227. The third kappa shape index (κ3) is 1.84. The van der Waals surface area contributed by atoms with Gasteiger partial charge in [0, 0.05) is 36.0 Å². The molecule has 0 spiro atoms. The van der Waals surface area contributed by atoms with Crippen molar-refractivity contribution >= 4 is 17.3 Å². The molecular weight excluding hydrogens is 284 g/mol. The maximum atomic E-state index is 4.66. The van der Waals surface area contributed by atoms with E-state index in [1.807, 2.05) is 0 Å². The van der Waals surface area contributed by atoms with Crippen LogP contribution in [0.3, 0.4) is 0 Å². The van der Waals surface area contributed by atoms with Gasteiger partial charge in [-0.3, -0.25) is 0 Å². The molecule has 3 heterocycles. The number of anilines is 3. The van der Waals surface area contributed by atoms with Crippen LogP contribution in [0.1, 0.15) is 32.3 Å². The predicted molar refractivity (Wildman–Crippen MR) is 94.1 cm³/mol. The first-order chi connectivity index (χ1) is 11.1. The van der Waals surface area contributed by atoms with Crippen LogP contribution in [0.15, 0.2) is 49.3 Å². The quantitative estimate of drug-likeness (QED) is 0.782. The molecule has 0 radical (unpaired) electrons. The fourth-order valence-electron chi connectivity index (χ4n) is 4.14. The van der Waals surface area contributed by atoms with Crippen LogP contribution in [0, 0.1) is 5.92 Å². The van der Waals surface area contributed by atoms with E-state index in [4.69, 9.17) is 0 Å². The maximum absolute atomic E-state index is 4.66. The lowest BCUT2D eigenvalue weighted by Crippen LogP contribution is -2.52. The number of rotatable bonds is 2. The molecule has 0 aliphatic carbocycles. The molecule has 4 heteroatoms. The predicted octanol–water partition coefficient (Wildman–Crippen LogP) is 4.09. The van der Waals surface area contributed by atoms with Crippen LogP contribution in [0.2, 0.25) is 0 Å². The van der Waals surface area contributed by atoms with Gasteiger partial charge in [-0.25, -0.2) is 9.97 Å². The van der Waals surface area contributed by atoms with E-state index in [0.29, 0.717) is 17.9 Å². The van der Waals surface area contributed by atoms with Gasteiger partial charge in [0.05, 0.1) is 0 Å². The maximum Gasteiger partial charge on any atom is 0.178 e. The second-order valence-corrected chi connectivity index (χ2v) is 6.67. The summed E-state index contributed by atoms with van der Waals surface area (Å²) in [5.41, 5.74) is 2.55. The zero-order valence-electron chi connectivity index (χ0n) is 13.8. The molecule has 0 fully saturated rings. The van der Waals surface area contributed by atoms with E-state index in [-0.39, 0.29) is 6.17 Å². The lowest BCUT2D eigenvalue weighted by Gasteiger charge is -2.45. The average Bonchev–Trinajstić information content (AvgIpc) is 2.91. The van der Waals surface area contributed by atoms with Crippen LogP contribution >= 0.6 is 0 Å². The molecule has 1 aromatic heterocycles. The Morgan fingerprint density at radius 1 is 1.13 bits per heavy atom. The van der Waals surface area contributed by atoms with Crippen LogP contribution in [0.4, 0.5) is 17.3 Å². The van der Waals surface area contributed by atoms with Gasteiger partial charge >= 0.3 is 0 Å². The molecule has 1 aromatic carbocycles. The van der Waals surface area contributed by atoms with E-state index in [2.05, 4.69) is 77.5 Å². The van der Waals surface area contributed by atoms with E-state index in [9.17, 15) is 0 Å². The largest absolute Gasteiger partial charge is 0.330 e. The zero-order valence-corrected chi connectivity index (χ0v) is 13.8. The topological polar surface area (TPSA) is 32.3 Å². The van der Waals surface area contributed by atoms with E-state index >= 15 is 0 Å². The van der Waals surface area contributed by atoms with Crippen molar-refractivity contribution in [1.82, 2.24) is 9.97 Å². The van der Waals surface area contributed by atoms with Gasteiger partial charge in [-0.15, -0.1) is 6.58 Å². The molecule has 23 heavy (non-hydrogen) atoms. The van der Waals surface area contributed by atoms with E-state index in [0.717, 1.165) is 11.6 Å². The Morgan fingerprint density at radius 3 is 2.52 bits per heavy atom. The highest BCUT2D eigenvalue weighted by Gasteiger charge is 2.48. The molecule has 0 saturated heterocycles. The van der Waals surface area contributed by atoms with E-state index in [1.165, 1.54) is 11.3 Å². The minimum Gasteiger partial charge on any atom is -0.330 e. The monoisotopic (exact) mass is 306 g/mol. The Morgan fingerprint density at radius 2 is 1.83 bits per heavy atom. The number of nitrogens with zero attached hydrogens (tertiary/aromatic N) is 4.